The average molecular weight is 427 g/mol. The van der Waals surface area contributed by atoms with Crippen LogP contribution in [0.15, 0.2) is 84.9 Å². The smallest absolute Gasteiger partial charge is 0.00205 e. The van der Waals surface area contributed by atoms with Gasteiger partial charge in [-0.2, -0.15) is 0 Å². The van der Waals surface area contributed by atoms with Gasteiger partial charge in [-0.05, 0) is 82.7 Å². The van der Waals surface area contributed by atoms with Gasteiger partial charge in [0.15, 0.2) is 0 Å². The van der Waals surface area contributed by atoms with E-state index < -0.39 is 0 Å². The lowest BCUT2D eigenvalue weighted by atomic mass is 9.85. The molecular weight excluding hydrogens is 396 g/mol. The minimum atomic E-state index is 0.160. The standard InChI is InChI=1S/C33H30/c1-20(2)27-14-9-21-12-17-30-28(15-10-22-11-16-29(27)31(21)32(22)30)25-7-6-24-19-26(33(3,4)5)13-8-23(24)18-25/h6-20H,1-5H3. The molecule has 6 aromatic carbocycles. The Morgan fingerprint density at radius 1 is 0.545 bits per heavy atom. The summed E-state index contributed by atoms with van der Waals surface area (Å²) in [6.07, 6.45) is 0. The summed E-state index contributed by atoms with van der Waals surface area (Å²) < 4.78 is 0. The summed E-state index contributed by atoms with van der Waals surface area (Å²) in [5, 5.41) is 10.8. The third-order valence-electron chi connectivity index (χ3n) is 7.34. The second-order valence-electron chi connectivity index (χ2n) is 10.9. The zero-order chi connectivity index (χ0) is 22.9. The van der Waals surface area contributed by atoms with Gasteiger partial charge in [0, 0.05) is 0 Å². The van der Waals surface area contributed by atoms with Crippen molar-refractivity contribution in [3.8, 4) is 11.1 Å². The Morgan fingerprint density at radius 2 is 1.12 bits per heavy atom. The summed E-state index contributed by atoms with van der Waals surface area (Å²) in [6, 6.07) is 32.3. The van der Waals surface area contributed by atoms with Crippen molar-refractivity contribution in [3.05, 3.63) is 96.1 Å². The summed E-state index contributed by atoms with van der Waals surface area (Å²) in [4.78, 5) is 0. The van der Waals surface area contributed by atoms with Gasteiger partial charge >= 0.3 is 0 Å². The monoisotopic (exact) mass is 426 g/mol. The zero-order valence-electron chi connectivity index (χ0n) is 20.2. The molecule has 0 saturated heterocycles. The van der Waals surface area contributed by atoms with E-state index in [4.69, 9.17) is 0 Å². The summed E-state index contributed by atoms with van der Waals surface area (Å²) in [5.41, 5.74) is 5.57. The highest BCUT2D eigenvalue weighted by Crippen LogP contribution is 2.41. The van der Waals surface area contributed by atoms with E-state index in [1.807, 2.05) is 0 Å². The fourth-order valence-corrected chi connectivity index (χ4v) is 5.46. The van der Waals surface area contributed by atoms with Crippen LogP contribution in [0.4, 0.5) is 0 Å². The third-order valence-corrected chi connectivity index (χ3v) is 7.34. The Kier molecular flexibility index (Phi) is 4.33. The van der Waals surface area contributed by atoms with E-state index in [1.54, 1.807) is 0 Å². The maximum Gasteiger partial charge on any atom is -0.00205 e. The summed E-state index contributed by atoms with van der Waals surface area (Å²) in [7, 11) is 0. The van der Waals surface area contributed by atoms with Crippen LogP contribution in [0.5, 0.6) is 0 Å². The SMILES string of the molecule is CC(C)c1ccc2ccc3c(-c4ccc5cc(C(C)(C)C)ccc5c4)ccc4ccc1c2c43. The first-order chi connectivity index (χ1) is 15.8. The van der Waals surface area contributed by atoms with E-state index in [0.717, 1.165) is 0 Å². The quantitative estimate of drug-likeness (QED) is 0.242. The minimum absolute atomic E-state index is 0.160. The minimum Gasteiger partial charge on any atom is -0.0587 e. The van der Waals surface area contributed by atoms with Gasteiger partial charge in [-0.25, -0.2) is 0 Å². The predicted octanol–water partition coefficient (Wildman–Crippen LogP) is 9.83. The number of rotatable bonds is 2. The highest BCUT2D eigenvalue weighted by molar-refractivity contribution is 6.26. The predicted molar refractivity (Wildman–Crippen MR) is 146 cm³/mol. The van der Waals surface area contributed by atoms with Gasteiger partial charge in [-0.3, -0.25) is 0 Å². The molecule has 0 aliphatic carbocycles. The van der Waals surface area contributed by atoms with Gasteiger partial charge in [0.05, 0.1) is 0 Å². The first-order valence-corrected chi connectivity index (χ1v) is 12.1. The van der Waals surface area contributed by atoms with Crippen molar-refractivity contribution in [3.63, 3.8) is 0 Å². The molecule has 162 valence electrons. The average Bonchev–Trinajstić information content (AvgIpc) is 2.80. The molecule has 0 heteroatoms. The maximum atomic E-state index is 2.35. The van der Waals surface area contributed by atoms with Gasteiger partial charge < -0.3 is 0 Å². The Hall–Kier alpha value is -3.38. The van der Waals surface area contributed by atoms with Crippen LogP contribution in [-0.4, -0.2) is 0 Å². The van der Waals surface area contributed by atoms with E-state index in [0.29, 0.717) is 5.92 Å². The van der Waals surface area contributed by atoms with Crippen LogP contribution in [0.3, 0.4) is 0 Å². The van der Waals surface area contributed by atoms with Crippen molar-refractivity contribution in [1.82, 2.24) is 0 Å². The first kappa shape index (κ1) is 20.2. The summed E-state index contributed by atoms with van der Waals surface area (Å²) >= 11 is 0. The van der Waals surface area contributed by atoms with Crippen molar-refractivity contribution < 1.29 is 0 Å². The van der Waals surface area contributed by atoms with Crippen LogP contribution in [0, 0.1) is 0 Å². The maximum absolute atomic E-state index is 2.35. The van der Waals surface area contributed by atoms with E-state index >= 15 is 0 Å². The molecule has 6 aromatic rings. The summed E-state index contributed by atoms with van der Waals surface area (Å²) in [6.45, 7) is 11.4. The molecule has 0 saturated carbocycles. The summed E-state index contributed by atoms with van der Waals surface area (Å²) in [5.74, 6) is 0.507. The number of hydrogen-bond donors (Lipinski definition) is 0. The van der Waals surface area contributed by atoms with Gasteiger partial charge in [-0.1, -0.05) is 113 Å². The lowest BCUT2D eigenvalue weighted by Gasteiger charge is -2.20. The number of hydrogen-bond acceptors (Lipinski definition) is 0. The molecule has 0 N–H and O–H groups in total. The van der Waals surface area contributed by atoms with Gasteiger partial charge in [0.25, 0.3) is 0 Å². The normalized spacial score (nSPS) is 12.7. The van der Waals surface area contributed by atoms with Gasteiger partial charge in [0.1, 0.15) is 0 Å². The zero-order valence-corrected chi connectivity index (χ0v) is 20.2. The Morgan fingerprint density at radius 3 is 1.85 bits per heavy atom. The highest BCUT2D eigenvalue weighted by atomic mass is 14.2. The molecule has 0 bridgehead atoms. The van der Waals surface area contributed by atoms with E-state index in [1.165, 1.54) is 65.3 Å². The first-order valence-electron chi connectivity index (χ1n) is 12.1. The lowest BCUT2D eigenvalue weighted by molar-refractivity contribution is 0.591. The van der Waals surface area contributed by atoms with Crippen LogP contribution in [0.25, 0.3) is 54.2 Å². The fraction of sp³-hybridized carbons (Fsp3) is 0.212. The highest BCUT2D eigenvalue weighted by Gasteiger charge is 2.16. The molecule has 0 aliphatic heterocycles. The molecular formula is C33H30. The van der Waals surface area contributed by atoms with E-state index in [2.05, 4.69) is 120 Å². The Balaban J connectivity index is 1.61. The Bertz CT molecular complexity index is 1660. The van der Waals surface area contributed by atoms with Crippen LogP contribution >= 0.6 is 0 Å². The molecule has 6 rings (SSSR count). The van der Waals surface area contributed by atoms with Gasteiger partial charge in [0.2, 0.25) is 0 Å². The van der Waals surface area contributed by atoms with E-state index in [9.17, 15) is 0 Å². The molecule has 0 aromatic heterocycles. The number of fused-ring (bicyclic) bond motifs is 1. The second kappa shape index (κ2) is 7.06. The third kappa shape index (κ3) is 3.12. The molecule has 0 spiro atoms. The van der Waals surface area contributed by atoms with Gasteiger partial charge in [-0.15, -0.1) is 0 Å². The van der Waals surface area contributed by atoms with Crippen molar-refractivity contribution in [1.29, 1.82) is 0 Å². The molecule has 0 amide bonds. The van der Waals surface area contributed by atoms with Crippen LogP contribution in [0.1, 0.15) is 51.7 Å². The molecule has 0 heterocycles. The van der Waals surface area contributed by atoms with E-state index in [-0.39, 0.29) is 5.41 Å². The molecule has 0 unspecified atom stereocenters. The fourth-order valence-electron chi connectivity index (χ4n) is 5.46. The van der Waals surface area contributed by atoms with Crippen LogP contribution in [-0.2, 0) is 5.41 Å². The number of benzene rings is 6. The lowest BCUT2D eigenvalue weighted by Crippen LogP contribution is -2.10. The molecule has 0 fully saturated rings. The van der Waals surface area contributed by atoms with Crippen molar-refractivity contribution in [2.24, 2.45) is 0 Å². The van der Waals surface area contributed by atoms with Crippen LogP contribution < -0.4 is 0 Å². The molecule has 0 nitrogen and oxygen atoms in total. The largest absolute Gasteiger partial charge is 0.0587 e. The molecule has 33 heavy (non-hydrogen) atoms. The molecule has 0 aliphatic rings. The van der Waals surface area contributed by atoms with Crippen molar-refractivity contribution in [2.75, 3.05) is 0 Å². The molecule has 0 atom stereocenters. The van der Waals surface area contributed by atoms with Crippen molar-refractivity contribution in [2.45, 2.75) is 46.0 Å². The molecule has 0 radical (unpaired) electrons. The van der Waals surface area contributed by atoms with Crippen LogP contribution in [0.2, 0.25) is 0 Å². The van der Waals surface area contributed by atoms with Crippen molar-refractivity contribution >= 4 is 43.1 Å². The Labute approximate surface area is 196 Å². The topological polar surface area (TPSA) is 0 Å². The second-order valence-corrected chi connectivity index (χ2v) is 10.9.